The fourth-order valence-electron chi connectivity index (χ4n) is 2.80. The molecule has 0 saturated heterocycles. The van der Waals surface area contributed by atoms with Crippen molar-refractivity contribution >= 4 is 23.3 Å². The van der Waals surface area contributed by atoms with Crippen LogP contribution < -0.4 is 10.1 Å². The molecule has 6 nitrogen and oxygen atoms in total. The van der Waals surface area contributed by atoms with Crippen LogP contribution in [0.25, 0.3) is 0 Å². The summed E-state index contributed by atoms with van der Waals surface area (Å²) in [7, 11) is 0. The minimum absolute atomic E-state index is 0.108. The molecule has 0 saturated carbocycles. The van der Waals surface area contributed by atoms with Gasteiger partial charge in [-0.3, -0.25) is 9.59 Å². The minimum Gasteiger partial charge on any atom is -0.489 e. The number of amides is 1. The van der Waals surface area contributed by atoms with Gasteiger partial charge >= 0.3 is 5.97 Å². The van der Waals surface area contributed by atoms with E-state index in [0.29, 0.717) is 34.5 Å². The van der Waals surface area contributed by atoms with Gasteiger partial charge < -0.3 is 14.8 Å². The highest BCUT2D eigenvalue weighted by atomic mass is 16.5. The highest BCUT2D eigenvalue weighted by Gasteiger charge is 2.15. The summed E-state index contributed by atoms with van der Waals surface area (Å²) >= 11 is 0. The molecule has 1 amide bonds. The summed E-state index contributed by atoms with van der Waals surface area (Å²) in [5, 5.41) is 2.71. The smallest absolute Gasteiger partial charge is 0.338 e. The molecule has 0 atom stereocenters. The summed E-state index contributed by atoms with van der Waals surface area (Å²) in [6, 6.07) is 22.7. The van der Waals surface area contributed by atoms with Crippen molar-refractivity contribution in [2.75, 3.05) is 11.9 Å². The highest BCUT2D eigenvalue weighted by Crippen LogP contribution is 2.16. The van der Waals surface area contributed by atoms with Crippen LogP contribution in [0.4, 0.5) is 5.69 Å². The van der Waals surface area contributed by atoms with Gasteiger partial charge in [-0.2, -0.15) is 0 Å². The maximum absolute atomic E-state index is 12.5. The Morgan fingerprint density at radius 1 is 0.839 bits per heavy atom. The van der Waals surface area contributed by atoms with Crippen LogP contribution in [0.2, 0.25) is 0 Å². The molecule has 0 fully saturated rings. The SMILES string of the molecule is CCC(=O)Nc1ccc(C(=O)COC(=O)c2ccccc2COc2ccccc2)cc1. The zero-order valence-corrected chi connectivity index (χ0v) is 17.2. The number of Topliss-reactive ketones (excluding diaryl/α,β-unsaturated/α-hetero) is 1. The standard InChI is InChI=1S/C25H23NO5/c1-2-24(28)26-20-14-12-18(13-15-20)23(27)17-31-25(29)22-11-7-6-8-19(22)16-30-21-9-4-3-5-10-21/h3-15H,2,16-17H2,1H3,(H,26,28). The van der Waals surface area contributed by atoms with E-state index >= 15 is 0 Å². The van der Waals surface area contributed by atoms with Crippen molar-refractivity contribution in [3.05, 3.63) is 95.6 Å². The topological polar surface area (TPSA) is 81.7 Å². The molecule has 0 unspecified atom stereocenters. The number of carbonyl (C=O) groups excluding carboxylic acids is 3. The monoisotopic (exact) mass is 417 g/mol. The average Bonchev–Trinajstić information content (AvgIpc) is 2.82. The van der Waals surface area contributed by atoms with Gasteiger partial charge in [0.2, 0.25) is 5.91 Å². The first-order chi connectivity index (χ1) is 15.1. The number of para-hydroxylation sites is 1. The van der Waals surface area contributed by atoms with E-state index in [1.165, 1.54) is 0 Å². The van der Waals surface area contributed by atoms with Crippen LogP contribution in [0.5, 0.6) is 5.75 Å². The molecule has 0 aliphatic heterocycles. The largest absolute Gasteiger partial charge is 0.489 e. The number of ketones is 1. The van der Waals surface area contributed by atoms with E-state index < -0.39 is 5.97 Å². The van der Waals surface area contributed by atoms with Crippen molar-refractivity contribution in [2.45, 2.75) is 20.0 Å². The average molecular weight is 417 g/mol. The second-order valence-electron chi connectivity index (χ2n) is 6.74. The predicted octanol–water partition coefficient (Wildman–Crippen LogP) is 4.65. The van der Waals surface area contributed by atoms with Gasteiger partial charge in [-0.15, -0.1) is 0 Å². The van der Waals surface area contributed by atoms with Crippen molar-refractivity contribution < 1.29 is 23.9 Å². The molecule has 0 bridgehead atoms. The van der Waals surface area contributed by atoms with Crippen LogP contribution in [0, 0.1) is 0 Å². The minimum atomic E-state index is -0.590. The molecule has 0 heterocycles. The van der Waals surface area contributed by atoms with Crippen molar-refractivity contribution in [2.24, 2.45) is 0 Å². The van der Waals surface area contributed by atoms with E-state index in [2.05, 4.69) is 5.32 Å². The van der Waals surface area contributed by atoms with E-state index in [0.717, 1.165) is 0 Å². The molecule has 6 heteroatoms. The van der Waals surface area contributed by atoms with E-state index in [9.17, 15) is 14.4 Å². The van der Waals surface area contributed by atoms with Crippen LogP contribution in [0.1, 0.15) is 39.6 Å². The van der Waals surface area contributed by atoms with E-state index in [-0.39, 0.29) is 24.9 Å². The van der Waals surface area contributed by atoms with Crippen molar-refractivity contribution in [1.29, 1.82) is 0 Å². The summed E-state index contributed by atoms with van der Waals surface area (Å²) in [4.78, 5) is 36.3. The number of esters is 1. The Kier molecular flexibility index (Phi) is 7.54. The number of hydrogen-bond donors (Lipinski definition) is 1. The molecular weight excluding hydrogens is 394 g/mol. The van der Waals surface area contributed by atoms with E-state index in [1.54, 1.807) is 49.4 Å². The number of nitrogens with one attached hydrogen (secondary N) is 1. The first-order valence-electron chi connectivity index (χ1n) is 9.93. The fourth-order valence-corrected chi connectivity index (χ4v) is 2.80. The Bertz CT molecular complexity index is 1050. The van der Waals surface area contributed by atoms with Gasteiger partial charge in [-0.25, -0.2) is 4.79 Å². The second-order valence-corrected chi connectivity index (χ2v) is 6.74. The molecule has 1 N–H and O–H groups in total. The van der Waals surface area contributed by atoms with Crippen LogP contribution in [-0.4, -0.2) is 24.3 Å². The molecule has 31 heavy (non-hydrogen) atoms. The maximum atomic E-state index is 12.5. The van der Waals surface area contributed by atoms with Crippen LogP contribution in [-0.2, 0) is 16.1 Å². The molecular formula is C25H23NO5. The fraction of sp³-hybridized carbons (Fsp3) is 0.160. The summed E-state index contributed by atoms with van der Waals surface area (Å²) in [5.74, 6) is -0.338. The van der Waals surface area contributed by atoms with Gasteiger partial charge in [0, 0.05) is 23.2 Å². The molecule has 3 aromatic rings. The Morgan fingerprint density at radius 3 is 2.23 bits per heavy atom. The van der Waals surface area contributed by atoms with Crippen LogP contribution >= 0.6 is 0 Å². The number of rotatable bonds is 9. The van der Waals surface area contributed by atoms with Gasteiger partial charge in [-0.05, 0) is 42.5 Å². The summed E-state index contributed by atoms with van der Waals surface area (Å²) in [6.45, 7) is 1.58. The Hall–Kier alpha value is -3.93. The number of anilines is 1. The first kappa shape index (κ1) is 21.8. The lowest BCUT2D eigenvalue weighted by atomic mass is 10.1. The third kappa shape index (κ3) is 6.27. The summed E-state index contributed by atoms with van der Waals surface area (Å²) in [6.07, 6.45) is 0.370. The Balaban J connectivity index is 1.58. The van der Waals surface area contributed by atoms with Crippen molar-refractivity contribution in [3.63, 3.8) is 0 Å². The highest BCUT2D eigenvalue weighted by molar-refractivity contribution is 6.00. The summed E-state index contributed by atoms with van der Waals surface area (Å²) < 4.78 is 11.0. The maximum Gasteiger partial charge on any atom is 0.338 e. The molecule has 158 valence electrons. The third-order valence-electron chi connectivity index (χ3n) is 4.52. The van der Waals surface area contributed by atoms with Gasteiger partial charge in [0.05, 0.1) is 5.56 Å². The molecule has 3 aromatic carbocycles. The Labute approximate surface area is 180 Å². The van der Waals surface area contributed by atoms with E-state index in [1.807, 2.05) is 36.4 Å². The zero-order valence-electron chi connectivity index (χ0n) is 17.2. The molecule has 0 aliphatic carbocycles. The second kappa shape index (κ2) is 10.7. The van der Waals surface area contributed by atoms with Gasteiger partial charge in [0.1, 0.15) is 12.4 Å². The molecule has 0 aliphatic rings. The van der Waals surface area contributed by atoms with E-state index in [4.69, 9.17) is 9.47 Å². The Morgan fingerprint density at radius 2 is 1.52 bits per heavy atom. The molecule has 0 radical (unpaired) electrons. The lowest BCUT2D eigenvalue weighted by Gasteiger charge is -2.11. The first-order valence-corrected chi connectivity index (χ1v) is 9.93. The quantitative estimate of drug-likeness (QED) is 0.405. The third-order valence-corrected chi connectivity index (χ3v) is 4.52. The van der Waals surface area contributed by atoms with Crippen LogP contribution in [0.15, 0.2) is 78.9 Å². The number of carbonyl (C=O) groups is 3. The van der Waals surface area contributed by atoms with Gasteiger partial charge in [0.15, 0.2) is 12.4 Å². The van der Waals surface area contributed by atoms with Crippen molar-refractivity contribution in [3.8, 4) is 5.75 Å². The number of hydrogen-bond acceptors (Lipinski definition) is 5. The molecule has 0 aromatic heterocycles. The lowest BCUT2D eigenvalue weighted by molar-refractivity contribution is -0.115. The van der Waals surface area contributed by atoms with Crippen LogP contribution in [0.3, 0.4) is 0 Å². The summed E-state index contributed by atoms with van der Waals surface area (Å²) in [5.41, 5.74) is 2.01. The lowest BCUT2D eigenvalue weighted by Crippen LogP contribution is -2.16. The number of ether oxygens (including phenoxy) is 2. The number of benzene rings is 3. The normalized spacial score (nSPS) is 10.2. The van der Waals surface area contributed by atoms with Gasteiger partial charge in [0.25, 0.3) is 0 Å². The van der Waals surface area contributed by atoms with Crippen molar-refractivity contribution in [1.82, 2.24) is 0 Å². The predicted molar refractivity (Wildman–Crippen MR) is 117 cm³/mol. The zero-order chi connectivity index (χ0) is 22.1. The molecule has 0 spiro atoms. The van der Waals surface area contributed by atoms with Gasteiger partial charge in [-0.1, -0.05) is 43.3 Å². The molecule has 3 rings (SSSR count).